The Morgan fingerprint density at radius 3 is 2.48 bits per heavy atom. The molecule has 0 spiro atoms. The monoisotopic (exact) mass is 693 g/mol. The second-order valence-corrected chi connectivity index (χ2v) is 12.8. The molecule has 0 saturated carbocycles. The van der Waals surface area contributed by atoms with Crippen LogP contribution in [0, 0.1) is 10.1 Å². The first-order valence-electron chi connectivity index (χ1n) is 16.0. The van der Waals surface area contributed by atoms with E-state index in [2.05, 4.69) is 0 Å². The second-order valence-electron chi connectivity index (χ2n) is 11.8. The highest BCUT2D eigenvalue weighted by molar-refractivity contribution is 7.07. The molecule has 0 saturated heterocycles. The van der Waals surface area contributed by atoms with Crippen LogP contribution in [0.5, 0.6) is 17.2 Å². The number of rotatable bonds is 11. The summed E-state index contributed by atoms with van der Waals surface area (Å²) in [5, 5.41) is 12.9. The lowest BCUT2D eigenvalue weighted by atomic mass is 9.95. The molecule has 4 aromatic carbocycles. The van der Waals surface area contributed by atoms with E-state index in [0.29, 0.717) is 43.4 Å². The number of allylic oxidation sites excluding steroid dienone is 1. The minimum Gasteiger partial charge on any atom is -0.493 e. The number of hydrogen-bond donors (Lipinski definition) is 0. The van der Waals surface area contributed by atoms with E-state index in [4.69, 9.17) is 23.9 Å². The lowest BCUT2D eigenvalue weighted by Crippen LogP contribution is -2.40. The molecule has 1 atom stereocenters. The molecule has 0 amide bonds. The van der Waals surface area contributed by atoms with Crippen LogP contribution in [0.4, 0.5) is 5.69 Å². The van der Waals surface area contributed by atoms with E-state index in [1.807, 2.05) is 56.3 Å². The number of nitro benzene ring substituents is 1. The number of methoxy groups -OCH3 is 1. The van der Waals surface area contributed by atoms with E-state index in [0.717, 1.165) is 16.3 Å². The molecule has 0 aliphatic carbocycles. The summed E-state index contributed by atoms with van der Waals surface area (Å²) < 4.78 is 25.2. The Morgan fingerprint density at radius 2 is 1.78 bits per heavy atom. The van der Waals surface area contributed by atoms with E-state index in [-0.39, 0.29) is 36.1 Å². The molecule has 11 nitrogen and oxygen atoms in total. The number of hydrogen-bond acceptors (Lipinski definition) is 10. The average Bonchev–Trinajstić information content (AvgIpc) is 3.41. The third-order valence-corrected chi connectivity index (χ3v) is 9.11. The summed E-state index contributed by atoms with van der Waals surface area (Å²) in [7, 11) is 1.54. The predicted octanol–water partition coefficient (Wildman–Crippen LogP) is 6.23. The summed E-state index contributed by atoms with van der Waals surface area (Å²) in [5.74, 6) is 0.958. The molecule has 1 aromatic heterocycles. The molecule has 0 unspecified atom stereocenters. The van der Waals surface area contributed by atoms with Crippen molar-refractivity contribution in [2.75, 3.05) is 13.7 Å². The normalized spacial score (nSPS) is 14.4. The second kappa shape index (κ2) is 14.4. The highest BCUT2D eigenvalue weighted by atomic mass is 32.1. The van der Waals surface area contributed by atoms with Gasteiger partial charge in [-0.15, -0.1) is 0 Å². The first-order valence-corrected chi connectivity index (χ1v) is 16.8. The van der Waals surface area contributed by atoms with Gasteiger partial charge in [0.2, 0.25) is 0 Å². The summed E-state index contributed by atoms with van der Waals surface area (Å²) in [4.78, 5) is 43.7. The molecule has 0 fully saturated rings. The van der Waals surface area contributed by atoms with Gasteiger partial charge in [0.05, 0.1) is 46.6 Å². The summed E-state index contributed by atoms with van der Waals surface area (Å²) in [6.07, 6.45) is 1.69. The summed E-state index contributed by atoms with van der Waals surface area (Å²) in [5.41, 5.74) is 2.40. The van der Waals surface area contributed by atoms with E-state index < -0.39 is 16.9 Å². The SMILES string of the molecule is CCOC(=O)C1=C(C)N=c2s/c(=C/c3c(OCc4ccc([N+](=O)[O-])cc4)ccc4ccccc34)c(=O)n2[C@H]1c1ccc(OC(C)C)c(OC)c1. The Bertz CT molecular complexity index is 2320. The molecule has 2 heterocycles. The first-order chi connectivity index (χ1) is 24.1. The van der Waals surface area contributed by atoms with Crippen molar-refractivity contribution in [1.29, 1.82) is 0 Å². The third kappa shape index (κ3) is 6.74. The number of nitro groups is 1. The van der Waals surface area contributed by atoms with E-state index in [1.165, 1.54) is 35.1 Å². The number of esters is 1. The van der Waals surface area contributed by atoms with Gasteiger partial charge in [0.25, 0.3) is 11.2 Å². The lowest BCUT2D eigenvalue weighted by Gasteiger charge is -2.25. The van der Waals surface area contributed by atoms with Crippen molar-refractivity contribution in [2.24, 2.45) is 4.99 Å². The first kappa shape index (κ1) is 34.1. The highest BCUT2D eigenvalue weighted by Gasteiger charge is 2.34. The molecule has 0 bridgehead atoms. The standard InChI is InChI=1S/C38H35N3O8S/c1-6-47-37(43)34-23(4)39-38-40(35(34)26-14-18-31(49-22(2)3)32(19-26)46-5)36(42)33(50-38)20-29-28-10-8-7-9-25(28)13-17-30(29)48-21-24-11-15-27(16-12-24)41(44)45/h7-20,22,35H,6,21H2,1-5H3/b33-20+/t35-/m0/s1. The van der Waals surface area contributed by atoms with E-state index in [1.54, 1.807) is 44.2 Å². The Hall–Kier alpha value is -5.75. The largest absolute Gasteiger partial charge is 0.493 e. The number of non-ortho nitro benzene ring substituents is 1. The molecule has 12 heteroatoms. The molecule has 0 N–H and O–H groups in total. The van der Waals surface area contributed by atoms with Crippen molar-refractivity contribution in [3.63, 3.8) is 0 Å². The number of thiazole rings is 1. The highest BCUT2D eigenvalue weighted by Crippen LogP contribution is 2.37. The Labute approximate surface area is 291 Å². The van der Waals surface area contributed by atoms with Crippen LogP contribution in [0.25, 0.3) is 16.8 Å². The van der Waals surface area contributed by atoms with Crippen molar-refractivity contribution in [3.05, 3.63) is 137 Å². The van der Waals surface area contributed by atoms with Crippen LogP contribution in [0.15, 0.2) is 99.9 Å². The number of carbonyl (C=O) groups excluding carboxylic acids is 1. The fourth-order valence-corrected chi connectivity index (χ4v) is 6.90. The Balaban J connectivity index is 1.50. The van der Waals surface area contributed by atoms with Gasteiger partial charge in [-0.1, -0.05) is 47.7 Å². The molecule has 256 valence electrons. The molecular weight excluding hydrogens is 658 g/mol. The van der Waals surface area contributed by atoms with Crippen LogP contribution in [-0.2, 0) is 16.1 Å². The quantitative estimate of drug-likeness (QED) is 0.0904. The van der Waals surface area contributed by atoms with Gasteiger partial charge < -0.3 is 18.9 Å². The number of ether oxygens (including phenoxy) is 4. The Morgan fingerprint density at radius 1 is 1.04 bits per heavy atom. The van der Waals surface area contributed by atoms with E-state index in [9.17, 15) is 19.7 Å². The van der Waals surface area contributed by atoms with Gasteiger partial charge in [-0.25, -0.2) is 9.79 Å². The zero-order valence-corrected chi connectivity index (χ0v) is 29.0. The molecule has 6 rings (SSSR count). The van der Waals surface area contributed by atoms with Gasteiger partial charge in [0, 0.05) is 17.7 Å². The third-order valence-electron chi connectivity index (χ3n) is 8.13. The van der Waals surface area contributed by atoms with Gasteiger partial charge >= 0.3 is 5.97 Å². The molecule has 1 aliphatic rings. The zero-order chi connectivity index (χ0) is 35.5. The van der Waals surface area contributed by atoms with Crippen molar-refractivity contribution < 1.29 is 28.7 Å². The lowest BCUT2D eigenvalue weighted by molar-refractivity contribution is -0.384. The fraction of sp³-hybridized carbons (Fsp3) is 0.237. The number of nitrogens with zero attached hydrogens (tertiary/aromatic N) is 3. The maximum atomic E-state index is 14.5. The van der Waals surface area contributed by atoms with Crippen LogP contribution in [0.1, 0.15) is 50.4 Å². The summed E-state index contributed by atoms with van der Waals surface area (Å²) in [6, 6.07) is 22.2. The zero-order valence-electron chi connectivity index (χ0n) is 28.2. The van der Waals surface area contributed by atoms with Crippen molar-refractivity contribution >= 4 is 39.8 Å². The summed E-state index contributed by atoms with van der Waals surface area (Å²) >= 11 is 1.21. The number of aromatic nitrogens is 1. The fourth-order valence-electron chi connectivity index (χ4n) is 5.87. The minimum absolute atomic E-state index is 0.00606. The van der Waals surface area contributed by atoms with Crippen molar-refractivity contribution in [3.8, 4) is 17.2 Å². The smallest absolute Gasteiger partial charge is 0.338 e. The summed E-state index contributed by atoms with van der Waals surface area (Å²) in [6.45, 7) is 7.60. The van der Waals surface area contributed by atoms with Gasteiger partial charge in [-0.2, -0.15) is 0 Å². The average molecular weight is 694 g/mol. The topological polar surface area (TPSA) is 131 Å². The van der Waals surface area contributed by atoms with Crippen LogP contribution in [-0.4, -0.2) is 35.3 Å². The maximum absolute atomic E-state index is 14.5. The minimum atomic E-state index is -0.847. The predicted molar refractivity (Wildman–Crippen MR) is 191 cm³/mol. The number of carbonyl (C=O) groups is 1. The van der Waals surface area contributed by atoms with Crippen LogP contribution >= 0.6 is 11.3 Å². The van der Waals surface area contributed by atoms with Crippen LogP contribution in [0.2, 0.25) is 0 Å². The van der Waals surface area contributed by atoms with Crippen LogP contribution in [0.3, 0.4) is 0 Å². The van der Waals surface area contributed by atoms with Gasteiger partial charge in [0.15, 0.2) is 16.3 Å². The Kier molecular flexibility index (Phi) is 9.82. The number of fused-ring (bicyclic) bond motifs is 2. The molecule has 50 heavy (non-hydrogen) atoms. The molecule has 1 aliphatic heterocycles. The van der Waals surface area contributed by atoms with Crippen molar-refractivity contribution in [2.45, 2.75) is 46.4 Å². The van der Waals surface area contributed by atoms with Crippen LogP contribution < -0.4 is 29.1 Å². The molecule has 0 radical (unpaired) electrons. The molecule has 5 aromatic rings. The maximum Gasteiger partial charge on any atom is 0.338 e. The van der Waals surface area contributed by atoms with Gasteiger partial charge in [-0.05, 0) is 86.0 Å². The van der Waals surface area contributed by atoms with Crippen molar-refractivity contribution in [1.82, 2.24) is 4.57 Å². The molecular formula is C38H35N3O8S. The number of benzene rings is 4. The van der Waals surface area contributed by atoms with Gasteiger partial charge in [-0.3, -0.25) is 19.5 Å². The van der Waals surface area contributed by atoms with E-state index >= 15 is 0 Å². The van der Waals surface area contributed by atoms with Gasteiger partial charge in [0.1, 0.15) is 12.4 Å².